The molecule has 98 valence electrons. The minimum atomic E-state index is 0.293. The quantitative estimate of drug-likeness (QED) is 0.535. The highest BCUT2D eigenvalue weighted by Crippen LogP contribution is 2.01. The van der Waals surface area contributed by atoms with Crippen LogP contribution in [0.4, 0.5) is 0 Å². The Balaban J connectivity index is 3.08. The van der Waals surface area contributed by atoms with Gasteiger partial charge in [-0.05, 0) is 31.7 Å². The molecule has 0 aliphatic heterocycles. The van der Waals surface area contributed by atoms with Crippen molar-refractivity contribution in [3.05, 3.63) is 0 Å². The van der Waals surface area contributed by atoms with Crippen molar-refractivity contribution in [3.8, 4) is 0 Å². The molecule has 3 nitrogen and oxygen atoms in total. The van der Waals surface area contributed by atoms with Crippen LogP contribution in [0, 0.1) is 5.92 Å². The van der Waals surface area contributed by atoms with Crippen LogP contribution in [-0.2, 0) is 4.74 Å². The first kappa shape index (κ1) is 15.9. The van der Waals surface area contributed by atoms with Crippen molar-refractivity contribution < 1.29 is 4.74 Å². The zero-order chi connectivity index (χ0) is 12.2. The van der Waals surface area contributed by atoms with E-state index < -0.39 is 0 Å². The highest BCUT2D eigenvalue weighted by atomic mass is 16.5. The van der Waals surface area contributed by atoms with E-state index in [0.717, 1.165) is 39.1 Å². The van der Waals surface area contributed by atoms with Gasteiger partial charge in [0.15, 0.2) is 0 Å². The van der Waals surface area contributed by atoms with Crippen molar-refractivity contribution >= 4 is 0 Å². The first-order valence-electron chi connectivity index (χ1n) is 6.70. The lowest BCUT2D eigenvalue weighted by atomic mass is 10.0. The molecule has 0 aliphatic carbocycles. The molecule has 0 heterocycles. The molecule has 0 aliphatic rings. The standard InChI is InChI=1S/C13H30N2O/c1-4-5-8-16-9-6-7-15-11-13(14)10-12(2)3/h12-13,15H,4-11,14H2,1-3H3. The van der Waals surface area contributed by atoms with Crippen molar-refractivity contribution in [2.45, 2.75) is 52.5 Å². The summed E-state index contributed by atoms with van der Waals surface area (Å²) in [6, 6.07) is 0.293. The van der Waals surface area contributed by atoms with E-state index >= 15 is 0 Å². The highest BCUT2D eigenvalue weighted by molar-refractivity contribution is 4.66. The maximum atomic E-state index is 5.96. The summed E-state index contributed by atoms with van der Waals surface area (Å²) in [5.41, 5.74) is 5.96. The third kappa shape index (κ3) is 12.0. The van der Waals surface area contributed by atoms with Gasteiger partial charge in [-0.25, -0.2) is 0 Å². The molecule has 0 saturated heterocycles. The minimum Gasteiger partial charge on any atom is -0.381 e. The van der Waals surface area contributed by atoms with Crippen LogP contribution in [0.3, 0.4) is 0 Å². The largest absolute Gasteiger partial charge is 0.381 e. The summed E-state index contributed by atoms with van der Waals surface area (Å²) >= 11 is 0. The van der Waals surface area contributed by atoms with Gasteiger partial charge in [-0.1, -0.05) is 27.2 Å². The Morgan fingerprint density at radius 2 is 1.88 bits per heavy atom. The van der Waals surface area contributed by atoms with Crippen LogP contribution in [0.25, 0.3) is 0 Å². The summed E-state index contributed by atoms with van der Waals surface area (Å²) in [7, 11) is 0. The van der Waals surface area contributed by atoms with E-state index in [2.05, 4.69) is 26.1 Å². The lowest BCUT2D eigenvalue weighted by Gasteiger charge is -2.14. The minimum absolute atomic E-state index is 0.293. The lowest BCUT2D eigenvalue weighted by molar-refractivity contribution is 0.128. The molecule has 0 rings (SSSR count). The van der Waals surface area contributed by atoms with E-state index in [9.17, 15) is 0 Å². The van der Waals surface area contributed by atoms with Crippen molar-refractivity contribution in [1.82, 2.24) is 5.32 Å². The third-order valence-corrected chi connectivity index (χ3v) is 2.47. The van der Waals surface area contributed by atoms with Gasteiger partial charge < -0.3 is 15.8 Å². The van der Waals surface area contributed by atoms with Crippen LogP contribution in [-0.4, -0.2) is 32.3 Å². The van der Waals surface area contributed by atoms with Gasteiger partial charge in [0.2, 0.25) is 0 Å². The monoisotopic (exact) mass is 230 g/mol. The van der Waals surface area contributed by atoms with Crippen molar-refractivity contribution in [1.29, 1.82) is 0 Å². The Hall–Kier alpha value is -0.120. The zero-order valence-electron chi connectivity index (χ0n) is 11.3. The summed E-state index contributed by atoms with van der Waals surface area (Å²) in [4.78, 5) is 0. The third-order valence-electron chi connectivity index (χ3n) is 2.47. The molecule has 0 radical (unpaired) electrons. The normalized spacial score (nSPS) is 13.3. The van der Waals surface area contributed by atoms with Crippen LogP contribution in [0.1, 0.15) is 46.5 Å². The maximum Gasteiger partial charge on any atom is 0.0478 e. The van der Waals surface area contributed by atoms with Gasteiger partial charge in [0, 0.05) is 25.8 Å². The molecule has 0 spiro atoms. The molecule has 1 unspecified atom stereocenters. The molecule has 0 aromatic carbocycles. The van der Waals surface area contributed by atoms with Crippen LogP contribution < -0.4 is 11.1 Å². The van der Waals surface area contributed by atoms with E-state index in [-0.39, 0.29) is 0 Å². The second-order valence-electron chi connectivity index (χ2n) is 4.91. The molecular weight excluding hydrogens is 200 g/mol. The summed E-state index contributed by atoms with van der Waals surface area (Å²) in [6.45, 7) is 10.3. The van der Waals surface area contributed by atoms with Gasteiger partial charge >= 0.3 is 0 Å². The summed E-state index contributed by atoms with van der Waals surface area (Å²) in [5.74, 6) is 0.689. The zero-order valence-corrected chi connectivity index (χ0v) is 11.3. The van der Waals surface area contributed by atoms with Crippen molar-refractivity contribution in [2.75, 3.05) is 26.3 Å². The average Bonchev–Trinajstić information content (AvgIpc) is 2.21. The second kappa shape index (κ2) is 11.4. The summed E-state index contributed by atoms with van der Waals surface area (Å²) < 4.78 is 5.47. The fourth-order valence-corrected chi connectivity index (χ4v) is 1.62. The maximum absolute atomic E-state index is 5.96. The number of ether oxygens (including phenoxy) is 1. The number of unbranched alkanes of at least 4 members (excludes halogenated alkanes) is 1. The van der Waals surface area contributed by atoms with Crippen molar-refractivity contribution in [3.63, 3.8) is 0 Å². The van der Waals surface area contributed by atoms with E-state index in [1.54, 1.807) is 0 Å². The second-order valence-corrected chi connectivity index (χ2v) is 4.91. The van der Waals surface area contributed by atoms with Crippen LogP contribution >= 0.6 is 0 Å². The molecule has 1 atom stereocenters. The number of hydrogen-bond donors (Lipinski definition) is 2. The molecule has 0 amide bonds. The molecule has 0 bridgehead atoms. The SMILES string of the molecule is CCCCOCCCNCC(N)CC(C)C. The predicted molar refractivity (Wildman–Crippen MR) is 70.6 cm³/mol. The molecule has 0 aromatic rings. The number of rotatable bonds is 11. The molecule has 0 saturated carbocycles. The van der Waals surface area contributed by atoms with Crippen LogP contribution in [0.5, 0.6) is 0 Å². The van der Waals surface area contributed by atoms with Crippen LogP contribution in [0.2, 0.25) is 0 Å². The van der Waals surface area contributed by atoms with Gasteiger partial charge in [-0.15, -0.1) is 0 Å². The van der Waals surface area contributed by atoms with Gasteiger partial charge in [-0.2, -0.15) is 0 Å². The summed E-state index contributed by atoms with van der Waals surface area (Å²) in [6.07, 6.45) is 4.56. The molecule has 3 heteroatoms. The van der Waals surface area contributed by atoms with Gasteiger partial charge in [0.05, 0.1) is 0 Å². The molecule has 3 N–H and O–H groups in total. The molecule has 16 heavy (non-hydrogen) atoms. The Morgan fingerprint density at radius 1 is 1.19 bits per heavy atom. The predicted octanol–water partition coefficient (Wildman–Crippen LogP) is 2.16. The number of nitrogens with one attached hydrogen (secondary N) is 1. The Labute approximate surface area is 101 Å². The van der Waals surface area contributed by atoms with Crippen molar-refractivity contribution in [2.24, 2.45) is 11.7 Å². The molecule has 0 aromatic heterocycles. The van der Waals surface area contributed by atoms with Gasteiger partial charge in [0.25, 0.3) is 0 Å². The highest BCUT2D eigenvalue weighted by Gasteiger charge is 2.03. The van der Waals surface area contributed by atoms with E-state index in [0.29, 0.717) is 12.0 Å². The average molecular weight is 230 g/mol. The van der Waals surface area contributed by atoms with Crippen LogP contribution in [0.15, 0.2) is 0 Å². The number of nitrogens with two attached hydrogens (primary N) is 1. The molecular formula is C13H30N2O. The lowest BCUT2D eigenvalue weighted by Crippen LogP contribution is -2.35. The van der Waals surface area contributed by atoms with E-state index in [1.807, 2.05) is 0 Å². The Morgan fingerprint density at radius 3 is 2.50 bits per heavy atom. The Bertz CT molecular complexity index is 140. The van der Waals surface area contributed by atoms with E-state index in [4.69, 9.17) is 10.5 Å². The first-order chi connectivity index (χ1) is 7.66. The molecule has 0 fully saturated rings. The smallest absolute Gasteiger partial charge is 0.0478 e. The number of hydrogen-bond acceptors (Lipinski definition) is 3. The summed E-state index contributed by atoms with van der Waals surface area (Å²) in [5, 5.41) is 3.38. The van der Waals surface area contributed by atoms with E-state index in [1.165, 1.54) is 12.8 Å². The topological polar surface area (TPSA) is 47.3 Å². The first-order valence-corrected chi connectivity index (χ1v) is 6.70. The van der Waals surface area contributed by atoms with Gasteiger partial charge in [-0.3, -0.25) is 0 Å². The fourth-order valence-electron chi connectivity index (χ4n) is 1.62. The fraction of sp³-hybridized carbons (Fsp3) is 1.00. The Kier molecular flexibility index (Phi) is 11.3. The van der Waals surface area contributed by atoms with Gasteiger partial charge in [0.1, 0.15) is 0 Å².